The Balaban J connectivity index is 1.70. The van der Waals surface area contributed by atoms with E-state index in [1.807, 2.05) is 0 Å². The van der Waals surface area contributed by atoms with Gasteiger partial charge in [-0.15, -0.1) is 0 Å². The van der Waals surface area contributed by atoms with E-state index in [1.54, 1.807) is 4.57 Å². The van der Waals surface area contributed by atoms with Crippen molar-refractivity contribution in [3.8, 4) is 0 Å². The standard InChI is InChI=1S/C17H17FN6O5/c1-21-15-14(16(26)22(2)17(21)27)23(9-19-15)7-3-4-13(25)20-12-8-10(24(28)29)5-6-11(12)18/h5-6,8-9H,3-4,7H2,1-2H3,(H,20,25). The fourth-order valence-corrected chi connectivity index (χ4v) is 2.91. The smallest absolute Gasteiger partial charge is 0.325 e. The van der Waals surface area contributed by atoms with Crippen molar-refractivity contribution in [3.05, 3.63) is 61.3 Å². The maximum atomic E-state index is 13.8. The molecule has 2 heterocycles. The van der Waals surface area contributed by atoms with Gasteiger partial charge in [0.15, 0.2) is 11.2 Å². The van der Waals surface area contributed by atoms with Gasteiger partial charge in [0.25, 0.3) is 11.2 Å². The van der Waals surface area contributed by atoms with E-state index >= 15 is 0 Å². The first-order valence-corrected chi connectivity index (χ1v) is 8.55. The van der Waals surface area contributed by atoms with Gasteiger partial charge in [0.2, 0.25) is 5.91 Å². The lowest BCUT2D eigenvalue weighted by atomic mass is 10.2. The summed E-state index contributed by atoms with van der Waals surface area (Å²) < 4.78 is 17.5. The number of rotatable bonds is 6. The van der Waals surface area contributed by atoms with Gasteiger partial charge in [-0.25, -0.2) is 14.2 Å². The number of non-ortho nitro benzene ring substituents is 1. The SMILES string of the molecule is Cn1c(=O)c2c(ncn2CCCC(=O)Nc2cc([N+](=O)[O-])ccc2F)n(C)c1=O. The highest BCUT2D eigenvalue weighted by molar-refractivity contribution is 5.91. The zero-order chi connectivity index (χ0) is 21.3. The monoisotopic (exact) mass is 404 g/mol. The van der Waals surface area contributed by atoms with E-state index in [-0.39, 0.29) is 35.5 Å². The minimum atomic E-state index is -0.783. The topological polar surface area (TPSA) is 134 Å². The van der Waals surface area contributed by atoms with E-state index in [1.165, 1.54) is 25.0 Å². The van der Waals surface area contributed by atoms with Crippen LogP contribution in [0.5, 0.6) is 0 Å². The summed E-state index contributed by atoms with van der Waals surface area (Å²) in [7, 11) is 2.87. The summed E-state index contributed by atoms with van der Waals surface area (Å²) in [5.41, 5.74) is -1.13. The number of aryl methyl sites for hydroxylation is 2. The molecular formula is C17H17FN6O5. The summed E-state index contributed by atoms with van der Waals surface area (Å²) in [5, 5.41) is 13.1. The van der Waals surface area contributed by atoms with Crippen LogP contribution in [-0.4, -0.2) is 29.5 Å². The van der Waals surface area contributed by atoms with Gasteiger partial charge in [0, 0.05) is 39.2 Å². The molecule has 0 radical (unpaired) electrons. The molecule has 152 valence electrons. The number of imidazole rings is 1. The predicted molar refractivity (Wildman–Crippen MR) is 101 cm³/mol. The molecule has 0 saturated heterocycles. The van der Waals surface area contributed by atoms with Crippen molar-refractivity contribution >= 4 is 28.4 Å². The zero-order valence-corrected chi connectivity index (χ0v) is 15.6. The van der Waals surface area contributed by atoms with Crippen molar-refractivity contribution in [1.29, 1.82) is 0 Å². The zero-order valence-electron chi connectivity index (χ0n) is 15.6. The fourth-order valence-electron chi connectivity index (χ4n) is 2.91. The Bertz CT molecular complexity index is 1240. The Morgan fingerprint density at radius 1 is 1.28 bits per heavy atom. The molecule has 0 saturated carbocycles. The summed E-state index contributed by atoms with van der Waals surface area (Å²) >= 11 is 0. The summed E-state index contributed by atoms with van der Waals surface area (Å²) in [5.74, 6) is -1.32. The predicted octanol–water partition coefficient (Wildman–Crippen LogP) is 0.900. The van der Waals surface area contributed by atoms with Crippen LogP contribution >= 0.6 is 0 Å². The van der Waals surface area contributed by atoms with Crippen LogP contribution in [0.3, 0.4) is 0 Å². The van der Waals surface area contributed by atoms with Crippen LogP contribution < -0.4 is 16.6 Å². The van der Waals surface area contributed by atoms with Gasteiger partial charge >= 0.3 is 5.69 Å². The average Bonchev–Trinajstić information content (AvgIpc) is 3.10. The minimum Gasteiger partial charge on any atom is -0.325 e. The first-order chi connectivity index (χ1) is 13.7. The molecule has 12 heteroatoms. The van der Waals surface area contributed by atoms with Crippen molar-refractivity contribution in [2.45, 2.75) is 19.4 Å². The molecule has 0 aliphatic heterocycles. The van der Waals surface area contributed by atoms with Crippen LogP contribution in [0.1, 0.15) is 12.8 Å². The summed E-state index contributed by atoms with van der Waals surface area (Å²) in [6.07, 6.45) is 1.68. The molecule has 1 amide bonds. The van der Waals surface area contributed by atoms with Crippen LogP contribution in [0.2, 0.25) is 0 Å². The van der Waals surface area contributed by atoms with Gasteiger partial charge in [-0.05, 0) is 12.5 Å². The van der Waals surface area contributed by atoms with Gasteiger partial charge in [-0.3, -0.25) is 28.8 Å². The fraction of sp³-hybridized carbons (Fsp3) is 0.294. The second-order valence-electron chi connectivity index (χ2n) is 6.39. The number of halogens is 1. The largest absolute Gasteiger partial charge is 0.332 e. The maximum Gasteiger partial charge on any atom is 0.332 e. The summed E-state index contributed by atoms with van der Waals surface area (Å²) in [4.78, 5) is 50.5. The number of aromatic nitrogens is 4. The molecule has 3 aromatic rings. The number of hydrogen-bond acceptors (Lipinski definition) is 6. The van der Waals surface area contributed by atoms with Gasteiger partial charge < -0.3 is 9.88 Å². The molecule has 0 aliphatic rings. The van der Waals surface area contributed by atoms with Crippen LogP contribution in [0.15, 0.2) is 34.1 Å². The normalized spacial score (nSPS) is 11.0. The quantitative estimate of drug-likeness (QED) is 0.479. The van der Waals surface area contributed by atoms with E-state index < -0.39 is 27.9 Å². The molecular weight excluding hydrogens is 387 g/mol. The van der Waals surface area contributed by atoms with Crippen molar-refractivity contribution in [3.63, 3.8) is 0 Å². The summed E-state index contributed by atoms with van der Waals surface area (Å²) in [6.45, 7) is 0.259. The van der Waals surface area contributed by atoms with Gasteiger partial charge in [-0.2, -0.15) is 0 Å². The van der Waals surface area contributed by atoms with E-state index in [0.29, 0.717) is 6.42 Å². The Morgan fingerprint density at radius 2 is 2.00 bits per heavy atom. The third-order valence-corrected chi connectivity index (χ3v) is 4.45. The van der Waals surface area contributed by atoms with E-state index in [4.69, 9.17) is 0 Å². The number of hydrogen-bond donors (Lipinski definition) is 1. The minimum absolute atomic E-state index is 0.0200. The van der Waals surface area contributed by atoms with E-state index in [9.17, 15) is 28.9 Å². The number of amides is 1. The molecule has 0 spiro atoms. The first kappa shape index (κ1) is 19.9. The number of nitrogens with zero attached hydrogens (tertiary/aromatic N) is 5. The lowest BCUT2D eigenvalue weighted by molar-refractivity contribution is -0.384. The third kappa shape index (κ3) is 3.77. The van der Waals surface area contributed by atoms with Crippen molar-refractivity contribution in [2.24, 2.45) is 14.1 Å². The molecule has 11 nitrogen and oxygen atoms in total. The number of fused-ring (bicyclic) bond motifs is 1. The lowest BCUT2D eigenvalue weighted by Crippen LogP contribution is -2.37. The Morgan fingerprint density at radius 3 is 2.69 bits per heavy atom. The van der Waals surface area contributed by atoms with Crippen LogP contribution in [-0.2, 0) is 25.4 Å². The average molecular weight is 404 g/mol. The number of nitro benzene ring substituents is 1. The molecule has 0 unspecified atom stereocenters. The van der Waals surface area contributed by atoms with Gasteiger partial charge in [0.05, 0.1) is 16.9 Å². The number of carbonyl (C=O) groups excluding carboxylic acids is 1. The van der Waals surface area contributed by atoms with Crippen LogP contribution in [0.25, 0.3) is 11.2 Å². The Hall–Kier alpha value is -3.83. The van der Waals surface area contributed by atoms with Gasteiger partial charge in [0.1, 0.15) is 5.82 Å². The molecule has 0 bridgehead atoms. The highest BCUT2D eigenvalue weighted by atomic mass is 19.1. The molecule has 0 aliphatic carbocycles. The molecule has 0 atom stereocenters. The Kier molecular flexibility index (Phi) is 5.26. The first-order valence-electron chi connectivity index (χ1n) is 8.55. The molecule has 2 aromatic heterocycles. The lowest BCUT2D eigenvalue weighted by Gasteiger charge is -2.08. The van der Waals surface area contributed by atoms with E-state index in [2.05, 4.69) is 10.3 Å². The molecule has 1 N–H and O–H groups in total. The Labute approximate surface area is 162 Å². The molecule has 3 rings (SSSR count). The highest BCUT2D eigenvalue weighted by Gasteiger charge is 2.15. The number of nitrogens with one attached hydrogen (secondary N) is 1. The van der Waals surface area contributed by atoms with Crippen LogP contribution in [0, 0.1) is 15.9 Å². The number of carbonyl (C=O) groups is 1. The molecule has 0 fully saturated rings. The van der Waals surface area contributed by atoms with Crippen LogP contribution in [0.4, 0.5) is 15.8 Å². The maximum absolute atomic E-state index is 13.8. The summed E-state index contributed by atoms with van der Waals surface area (Å²) in [6, 6.07) is 2.86. The number of anilines is 1. The van der Waals surface area contributed by atoms with Crippen molar-refractivity contribution in [1.82, 2.24) is 18.7 Å². The highest BCUT2D eigenvalue weighted by Crippen LogP contribution is 2.21. The van der Waals surface area contributed by atoms with E-state index in [0.717, 1.165) is 22.8 Å². The van der Waals surface area contributed by atoms with Crippen molar-refractivity contribution in [2.75, 3.05) is 5.32 Å². The number of benzene rings is 1. The second-order valence-corrected chi connectivity index (χ2v) is 6.39. The second kappa shape index (κ2) is 7.66. The number of nitro groups is 1. The third-order valence-electron chi connectivity index (χ3n) is 4.45. The van der Waals surface area contributed by atoms with Crippen molar-refractivity contribution < 1.29 is 14.1 Å². The molecule has 1 aromatic carbocycles. The van der Waals surface area contributed by atoms with Gasteiger partial charge in [-0.1, -0.05) is 0 Å². The molecule has 29 heavy (non-hydrogen) atoms.